The molecule has 0 fully saturated rings. The first-order valence-electron chi connectivity index (χ1n) is 27.8. The van der Waals surface area contributed by atoms with Crippen molar-refractivity contribution in [3.8, 4) is 0 Å². The number of carbonyl (C=O) groups excluding carboxylic acids is 11. The highest BCUT2D eigenvalue weighted by Gasteiger charge is 2.38. The van der Waals surface area contributed by atoms with Crippen LogP contribution in [-0.4, -0.2) is 178 Å². The summed E-state index contributed by atoms with van der Waals surface area (Å²) >= 11 is 0. The second kappa shape index (κ2) is 38.4. The molecule has 0 unspecified atom stereocenters. The molecule has 0 aliphatic rings. The Labute approximate surface area is 492 Å². The number of aliphatic hydroxyl groups is 1. The Hall–Kier alpha value is -8.52. The molecule has 12 atom stereocenters. The average Bonchev–Trinajstić information content (AvgIpc) is 3.25. The number of rotatable bonds is 41. The topological polar surface area (TPSA) is 559 Å². The predicted molar refractivity (Wildman–Crippen MR) is 307 cm³/mol. The largest absolute Gasteiger partial charge is 0.481 e. The van der Waals surface area contributed by atoms with Crippen LogP contribution < -0.4 is 82.3 Å². The van der Waals surface area contributed by atoms with E-state index in [0.29, 0.717) is 12.0 Å². The Morgan fingerprint density at radius 2 is 0.988 bits per heavy atom. The zero-order chi connectivity index (χ0) is 64.7. The quantitative estimate of drug-likeness (QED) is 0.0165. The third-order valence-corrected chi connectivity index (χ3v) is 13.1. The monoisotopic (exact) mass is 1200 g/mol. The van der Waals surface area contributed by atoms with Crippen LogP contribution in [0.5, 0.6) is 0 Å². The van der Waals surface area contributed by atoms with Gasteiger partial charge in [0.15, 0.2) is 5.96 Å². The number of hydrogen-bond donors (Lipinski definition) is 18. The maximum atomic E-state index is 14.3. The molecule has 1 aromatic carbocycles. The summed E-state index contributed by atoms with van der Waals surface area (Å²) in [5, 5.41) is 51.0. The van der Waals surface area contributed by atoms with E-state index >= 15 is 0 Å². The summed E-state index contributed by atoms with van der Waals surface area (Å²) in [5.41, 5.74) is 34.0. The molecule has 1 aromatic rings. The fraction of sp³-hybridized carbons (Fsp3) is 0.623. The molecule has 0 bridgehead atoms. The van der Waals surface area contributed by atoms with Gasteiger partial charge >= 0.3 is 11.9 Å². The molecule has 85 heavy (non-hydrogen) atoms. The molecule has 0 radical (unpaired) electrons. The number of aliphatic hydroxyl groups excluding tert-OH is 1. The minimum absolute atomic E-state index is 0.0420. The molecule has 32 heteroatoms. The first kappa shape index (κ1) is 74.5. The van der Waals surface area contributed by atoms with Crippen molar-refractivity contribution in [2.24, 2.45) is 51.2 Å². The second-order valence-corrected chi connectivity index (χ2v) is 21.0. The van der Waals surface area contributed by atoms with Crippen LogP contribution in [0, 0.1) is 11.8 Å². The lowest BCUT2D eigenvalue weighted by Gasteiger charge is -2.30. The van der Waals surface area contributed by atoms with E-state index in [1.807, 2.05) is 0 Å². The standard InChI is InChI=1S/C53H88N16O16/c1-7-27(4)41(50(82)63-33(17-13-21-60-53(58)59)46(78)69-42(29(6)70)51(83)61-28(5)43(75)67-37(52(84)85)22-26(2)3)68-45(77)32(16-11-12-20-54)62-48(80)35(24-38(56)71)66-49(81)36(25-39(57)72)65-47(79)34(23-30-14-9-8-10-15-30)64-44(76)31(55)18-19-40(73)74/h8-10,14-15,26-29,31-37,41-42,70H,7,11-13,16-25,54-55H2,1-6H3,(H2,56,71)(H2,57,72)(H,61,83)(H,62,80)(H,63,82)(H,64,76)(H,65,79)(H,66,81)(H,67,75)(H,68,77)(H,69,78)(H,73,74)(H,84,85)(H4,58,59,60)/t27-,28-,29+,31-,32-,33-,34-,35-,36-,37-,41-,42-/m0/s1. The summed E-state index contributed by atoms with van der Waals surface area (Å²) in [5.74, 6) is -15.2. The highest BCUT2D eigenvalue weighted by Crippen LogP contribution is 2.14. The van der Waals surface area contributed by atoms with Crippen LogP contribution in [0.1, 0.15) is 118 Å². The number of hydrogen-bond acceptors (Lipinski definition) is 17. The Morgan fingerprint density at radius 1 is 0.529 bits per heavy atom. The van der Waals surface area contributed by atoms with Crippen LogP contribution in [0.15, 0.2) is 35.3 Å². The van der Waals surface area contributed by atoms with E-state index in [-0.39, 0.29) is 76.3 Å². The zero-order valence-electron chi connectivity index (χ0n) is 48.9. The van der Waals surface area contributed by atoms with Crippen molar-refractivity contribution in [1.29, 1.82) is 0 Å². The van der Waals surface area contributed by atoms with Crippen LogP contribution >= 0.6 is 0 Å². The number of aliphatic imine (C=N–C) groups is 1. The predicted octanol–water partition coefficient (Wildman–Crippen LogP) is -5.70. The Bertz CT molecular complexity index is 2480. The maximum absolute atomic E-state index is 14.3. The number of amides is 11. The van der Waals surface area contributed by atoms with Gasteiger partial charge in [0.05, 0.1) is 25.0 Å². The lowest BCUT2D eigenvalue weighted by Crippen LogP contribution is -2.62. The van der Waals surface area contributed by atoms with Crippen LogP contribution in [0.2, 0.25) is 0 Å². The van der Waals surface area contributed by atoms with Gasteiger partial charge in [0.1, 0.15) is 54.4 Å². The minimum atomic E-state index is -1.90. The maximum Gasteiger partial charge on any atom is 0.326 e. The van der Waals surface area contributed by atoms with Gasteiger partial charge in [-0.15, -0.1) is 0 Å². The first-order valence-corrected chi connectivity index (χ1v) is 27.8. The number of nitrogens with two attached hydrogens (primary N) is 6. The highest BCUT2D eigenvalue weighted by molar-refractivity contribution is 6.00. The third kappa shape index (κ3) is 29.0. The number of primary amides is 2. The molecule has 0 aliphatic carbocycles. The third-order valence-electron chi connectivity index (χ3n) is 13.1. The number of guanidine groups is 1. The van der Waals surface area contributed by atoms with Crippen LogP contribution in [-0.2, 0) is 68.7 Å². The summed E-state index contributed by atoms with van der Waals surface area (Å²) in [6.45, 7) is 9.28. The number of benzene rings is 1. The lowest BCUT2D eigenvalue weighted by molar-refractivity contribution is -0.143. The van der Waals surface area contributed by atoms with Gasteiger partial charge in [-0.3, -0.25) is 62.5 Å². The molecule has 1 rings (SSSR count). The Kier molecular flexibility index (Phi) is 33.6. The van der Waals surface area contributed by atoms with Gasteiger partial charge in [-0.05, 0) is 82.7 Å². The number of nitrogens with zero attached hydrogens (tertiary/aromatic N) is 1. The van der Waals surface area contributed by atoms with Crippen LogP contribution in [0.3, 0.4) is 0 Å². The number of aliphatic carboxylic acids is 2. The van der Waals surface area contributed by atoms with Crippen molar-refractivity contribution in [3.05, 3.63) is 35.9 Å². The number of unbranched alkanes of at least 4 members (excludes halogenated alkanes) is 1. The van der Waals surface area contributed by atoms with E-state index in [1.165, 1.54) is 6.92 Å². The van der Waals surface area contributed by atoms with Gasteiger partial charge in [0.25, 0.3) is 0 Å². The van der Waals surface area contributed by atoms with Gasteiger partial charge in [-0.2, -0.15) is 0 Å². The molecule has 0 spiro atoms. The van der Waals surface area contributed by atoms with Crippen LogP contribution in [0.25, 0.3) is 0 Å². The van der Waals surface area contributed by atoms with Gasteiger partial charge in [0.2, 0.25) is 65.0 Å². The van der Waals surface area contributed by atoms with Crippen molar-refractivity contribution in [3.63, 3.8) is 0 Å². The number of nitrogens with one attached hydrogen (secondary N) is 9. The number of carboxylic acid groups (broad SMARTS) is 2. The van der Waals surface area contributed by atoms with E-state index in [0.717, 1.165) is 6.92 Å². The number of carboxylic acids is 2. The number of carbonyl (C=O) groups is 13. The first-order chi connectivity index (χ1) is 39.8. The van der Waals surface area contributed by atoms with Crippen molar-refractivity contribution in [2.45, 2.75) is 185 Å². The Morgan fingerprint density at radius 3 is 1.46 bits per heavy atom. The fourth-order valence-corrected chi connectivity index (χ4v) is 8.15. The lowest BCUT2D eigenvalue weighted by atomic mass is 9.96. The summed E-state index contributed by atoms with van der Waals surface area (Å²) in [7, 11) is 0. The van der Waals surface area contributed by atoms with Gasteiger partial charge in [-0.1, -0.05) is 64.4 Å². The minimum Gasteiger partial charge on any atom is -0.481 e. The molecule has 11 amide bonds. The molecule has 0 aliphatic heterocycles. The molecular weight excluding hydrogens is 1120 g/mol. The van der Waals surface area contributed by atoms with Gasteiger partial charge < -0.3 is 97.6 Å². The SMILES string of the molecule is CC[C@H](C)[C@H](NC(=O)[C@H](CCCCN)NC(=O)[C@H](CC(N)=O)NC(=O)[C@H](CC(N)=O)NC(=O)[C@H](Cc1ccccc1)NC(=O)[C@@H](N)CCC(=O)O)C(=O)N[C@@H](CCCN=C(N)N)C(=O)N[C@H](C(=O)N[C@@H](C)C(=O)N[C@@H](CC(C)C)C(=O)O)[C@@H](C)O. The summed E-state index contributed by atoms with van der Waals surface area (Å²) < 4.78 is 0. The zero-order valence-corrected chi connectivity index (χ0v) is 48.9. The van der Waals surface area contributed by atoms with Gasteiger partial charge in [0, 0.05) is 19.4 Å². The van der Waals surface area contributed by atoms with E-state index in [4.69, 9.17) is 39.5 Å². The molecule has 0 saturated carbocycles. The molecule has 24 N–H and O–H groups in total. The molecule has 32 nitrogen and oxygen atoms in total. The van der Waals surface area contributed by atoms with Crippen LogP contribution in [0.4, 0.5) is 0 Å². The summed E-state index contributed by atoms with van der Waals surface area (Å²) in [6.07, 6.45) is -3.83. The summed E-state index contributed by atoms with van der Waals surface area (Å²) in [6, 6.07) is -7.33. The summed E-state index contributed by atoms with van der Waals surface area (Å²) in [4.78, 5) is 176. The Balaban J connectivity index is 3.58. The highest BCUT2D eigenvalue weighted by atomic mass is 16.4. The smallest absolute Gasteiger partial charge is 0.326 e. The van der Waals surface area contributed by atoms with E-state index in [9.17, 15) is 72.5 Å². The molecular formula is C53H88N16O16. The van der Waals surface area contributed by atoms with Gasteiger partial charge in [-0.25, -0.2) is 4.79 Å². The van der Waals surface area contributed by atoms with Crippen molar-refractivity contribution in [2.75, 3.05) is 13.1 Å². The fourth-order valence-electron chi connectivity index (χ4n) is 8.15. The van der Waals surface area contributed by atoms with Crippen molar-refractivity contribution < 1.29 is 77.6 Å². The van der Waals surface area contributed by atoms with E-state index < -0.39 is 169 Å². The average molecular weight is 1210 g/mol. The normalized spacial score (nSPS) is 15.3. The van der Waals surface area contributed by atoms with Crippen molar-refractivity contribution in [1.82, 2.24) is 47.9 Å². The molecule has 0 heterocycles. The molecule has 476 valence electrons. The molecule has 0 saturated heterocycles. The molecule has 0 aromatic heterocycles. The van der Waals surface area contributed by atoms with Crippen molar-refractivity contribution >= 4 is 82.9 Å². The van der Waals surface area contributed by atoms with E-state index in [1.54, 1.807) is 58.0 Å². The van der Waals surface area contributed by atoms with E-state index in [2.05, 4.69) is 52.8 Å². The second-order valence-electron chi connectivity index (χ2n) is 21.0.